The predicted molar refractivity (Wildman–Crippen MR) is 95.3 cm³/mol. The van der Waals surface area contributed by atoms with Crippen molar-refractivity contribution in [2.45, 2.75) is 56.7 Å². The minimum absolute atomic E-state index is 0.0789. The van der Waals surface area contributed by atoms with Crippen LogP contribution in [0.1, 0.15) is 51.5 Å². The Labute approximate surface area is 145 Å². The molecule has 1 aliphatic heterocycles. The highest BCUT2D eigenvalue weighted by Crippen LogP contribution is 2.54. The number of hydrogen-bond donors (Lipinski definition) is 0. The zero-order valence-corrected chi connectivity index (χ0v) is 15.4. The molecule has 2 fully saturated rings. The average molecular weight is 349 g/mol. The maximum atomic E-state index is 13.0. The number of carbonyl (C=O) groups is 1. The normalized spacial score (nSPS) is 27.9. The fourth-order valence-electron chi connectivity index (χ4n) is 4.48. The number of benzene rings is 1. The molecule has 0 spiro atoms. The first-order valence-corrected chi connectivity index (χ1v) is 10.7. The lowest BCUT2D eigenvalue weighted by atomic mass is 9.61. The van der Waals surface area contributed by atoms with Crippen molar-refractivity contribution in [2.24, 2.45) is 5.92 Å². The molecule has 1 aromatic carbocycles. The zero-order valence-electron chi connectivity index (χ0n) is 14.6. The van der Waals surface area contributed by atoms with Gasteiger partial charge in [-0.1, -0.05) is 50.1 Å². The third-order valence-electron chi connectivity index (χ3n) is 5.84. The third-order valence-corrected chi connectivity index (χ3v) is 8.09. The van der Waals surface area contributed by atoms with Gasteiger partial charge in [-0.3, -0.25) is 4.79 Å². The van der Waals surface area contributed by atoms with E-state index in [1.807, 2.05) is 30.0 Å². The van der Waals surface area contributed by atoms with Crippen molar-refractivity contribution >= 4 is 15.7 Å². The number of rotatable bonds is 5. The molecule has 132 valence electrons. The summed E-state index contributed by atoms with van der Waals surface area (Å²) >= 11 is 0. The van der Waals surface area contributed by atoms with Crippen LogP contribution in [-0.2, 0) is 20.2 Å². The van der Waals surface area contributed by atoms with E-state index in [1.54, 1.807) is 6.92 Å². The molecular formula is C19H27NO3S. The van der Waals surface area contributed by atoms with E-state index in [0.29, 0.717) is 18.9 Å². The van der Waals surface area contributed by atoms with Gasteiger partial charge in [0.05, 0.1) is 11.3 Å². The summed E-state index contributed by atoms with van der Waals surface area (Å²) < 4.78 is 24.7. The van der Waals surface area contributed by atoms with Crippen molar-refractivity contribution in [1.29, 1.82) is 0 Å². The molecule has 0 unspecified atom stereocenters. The summed E-state index contributed by atoms with van der Waals surface area (Å²) in [6.07, 6.45) is 4.89. The molecule has 1 saturated carbocycles. The van der Waals surface area contributed by atoms with E-state index in [2.05, 4.69) is 12.1 Å². The Morgan fingerprint density at radius 3 is 2.62 bits per heavy atom. The molecule has 0 aromatic heterocycles. The Balaban J connectivity index is 1.92. The Bertz CT molecular complexity index is 701. The van der Waals surface area contributed by atoms with E-state index in [0.717, 1.165) is 24.8 Å². The molecule has 24 heavy (non-hydrogen) atoms. The second-order valence-corrected chi connectivity index (χ2v) is 9.63. The summed E-state index contributed by atoms with van der Waals surface area (Å²) in [5.41, 5.74) is 0.876. The fourth-order valence-corrected chi connectivity index (χ4v) is 5.84. The largest absolute Gasteiger partial charge is 0.331 e. The molecule has 5 heteroatoms. The summed E-state index contributed by atoms with van der Waals surface area (Å²) in [5.74, 6) is 0.319. The van der Waals surface area contributed by atoms with Crippen molar-refractivity contribution in [1.82, 2.24) is 4.90 Å². The first-order chi connectivity index (χ1) is 11.4. The van der Waals surface area contributed by atoms with Crippen LogP contribution >= 0.6 is 0 Å². The second-order valence-electron chi connectivity index (χ2n) is 7.19. The fraction of sp³-hybridized carbons (Fsp3) is 0.632. The minimum atomic E-state index is -3.37. The Morgan fingerprint density at radius 1 is 1.29 bits per heavy atom. The van der Waals surface area contributed by atoms with Crippen LogP contribution in [0.25, 0.3) is 0 Å². The van der Waals surface area contributed by atoms with E-state index in [9.17, 15) is 13.2 Å². The number of sulfone groups is 1. The van der Waals surface area contributed by atoms with E-state index >= 15 is 0 Å². The van der Waals surface area contributed by atoms with Crippen LogP contribution < -0.4 is 0 Å². The van der Waals surface area contributed by atoms with Gasteiger partial charge in [0, 0.05) is 12.5 Å². The summed E-state index contributed by atoms with van der Waals surface area (Å²) in [7, 11) is -3.37. The lowest BCUT2D eigenvalue weighted by molar-refractivity contribution is -0.165. The number of amides is 1. The van der Waals surface area contributed by atoms with Crippen LogP contribution in [0, 0.1) is 5.92 Å². The highest BCUT2D eigenvalue weighted by Gasteiger charge is 2.58. The lowest BCUT2D eigenvalue weighted by Gasteiger charge is -2.62. The van der Waals surface area contributed by atoms with Crippen molar-refractivity contribution in [3.05, 3.63) is 35.9 Å². The molecule has 0 bridgehead atoms. The second kappa shape index (κ2) is 6.51. The first kappa shape index (κ1) is 17.5. The van der Waals surface area contributed by atoms with E-state index in [4.69, 9.17) is 0 Å². The molecule has 3 rings (SSSR count). The van der Waals surface area contributed by atoms with Gasteiger partial charge in [0.15, 0.2) is 9.84 Å². The molecule has 1 heterocycles. The number of carbonyl (C=O) groups excluding carboxylic acids is 1. The first-order valence-electron chi connectivity index (χ1n) is 9.02. The maximum absolute atomic E-state index is 13.0. The van der Waals surface area contributed by atoms with Gasteiger partial charge in [-0.15, -0.1) is 0 Å². The molecule has 1 amide bonds. The van der Waals surface area contributed by atoms with Gasteiger partial charge in [-0.2, -0.15) is 0 Å². The van der Waals surface area contributed by atoms with E-state index in [1.165, 1.54) is 6.42 Å². The van der Waals surface area contributed by atoms with Crippen LogP contribution in [0.15, 0.2) is 30.3 Å². The third kappa shape index (κ3) is 2.67. The van der Waals surface area contributed by atoms with Crippen LogP contribution in [0.5, 0.6) is 0 Å². The van der Waals surface area contributed by atoms with Crippen LogP contribution in [0.3, 0.4) is 0 Å². The highest BCUT2D eigenvalue weighted by molar-refractivity contribution is 7.92. The lowest BCUT2D eigenvalue weighted by Crippen LogP contribution is -2.69. The summed E-state index contributed by atoms with van der Waals surface area (Å²) in [6, 6.07) is 10.2. The maximum Gasteiger partial charge on any atom is 0.241 e. The molecule has 1 aliphatic carbocycles. The van der Waals surface area contributed by atoms with Gasteiger partial charge in [0.1, 0.15) is 5.25 Å². The summed E-state index contributed by atoms with van der Waals surface area (Å²) in [6.45, 7) is 4.09. The number of nitrogens with zero attached hydrogens (tertiary/aromatic N) is 1. The number of hydrogen-bond acceptors (Lipinski definition) is 3. The van der Waals surface area contributed by atoms with Gasteiger partial charge in [-0.25, -0.2) is 8.42 Å². The molecule has 3 atom stereocenters. The molecule has 2 aliphatic rings. The Hall–Kier alpha value is -1.36. The van der Waals surface area contributed by atoms with Crippen molar-refractivity contribution in [2.75, 3.05) is 12.3 Å². The molecule has 0 radical (unpaired) electrons. The Kier molecular flexibility index (Phi) is 4.73. The van der Waals surface area contributed by atoms with Crippen molar-refractivity contribution in [3.63, 3.8) is 0 Å². The molecule has 0 N–H and O–H groups in total. The van der Waals surface area contributed by atoms with E-state index < -0.39 is 15.1 Å². The number of likely N-dealkylation sites (tertiary alicyclic amines) is 1. The standard InChI is InChI=1S/C19H27NO3S/c1-3-13-24(22,23)15(2)18(21)20-14-17-11-7-8-12-19(17,20)16-9-5-4-6-10-16/h4-6,9-10,15,17H,3,7-8,11-14H2,1-2H3/t15-,17+,19+/m1/s1. The summed E-state index contributed by atoms with van der Waals surface area (Å²) in [5, 5.41) is -0.944. The van der Waals surface area contributed by atoms with Crippen LogP contribution in [0.2, 0.25) is 0 Å². The summed E-state index contributed by atoms with van der Waals surface area (Å²) in [4.78, 5) is 14.9. The van der Waals surface area contributed by atoms with Crippen molar-refractivity contribution in [3.8, 4) is 0 Å². The van der Waals surface area contributed by atoms with Gasteiger partial charge >= 0.3 is 0 Å². The topological polar surface area (TPSA) is 54.5 Å². The van der Waals surface area contributed by atoms with Gasteiger partial charge in [0.25, 0.3) is 0 Å². The van der Waals surface area contributed by atoms with Crippen molar-refractivity contribution < 1.29 is 13.2 Å². The van der Waals surface area contributed by atoms with Crippen LogP contribution in [0.4, 0.5) is 0 Å². The SMILES string of the molecule is CCCS(=O)(=O)[C@H](C)C(=O)N1C[C@@H]2CCCC[C@]21c1ccccc1. The smallest absolute Gasteiger partial charge is 0.241 e. The van der Waals surface area contributed by atoms with Gasteiger partial charge in [-0.05, 0) is 31.7 Å². The monoisotopic (exact) mass is 349 g/mol. The molecule has 1 saturated heterocycles. The van der Waals surface area contributed by atoms with Gasteiger partial charge in [0.2, 0.25) is 5.91 Å². The highest BCUT2D eigenvalue weighted by atomic mass is 32.2. The van der Waals surface area contributed by atoms with Crippen LogP contribution in [-0.4, -0.2) is 36.8 Å². The van der Waals surface area contributed by atoms with E-state index in [-0.39, 0.29) is 17.2 Å². The predicted octanol–water partition coefficient (Wildman–Crippen LogP) is 3.13. The average Bonchev–Trinajstić information content (AvgIpc) is 2.56. The molecule has 4 nitrogen and oxygen atoms in total. The Morgan fingerprint density at radius 2 is 2.00 bits per heavy atom. The molecule has 1 aromatic rings. The molecular weight excluding hydrogens is 322 g/mol. The van der Waals surface area contributed by atoms with Gasteiger partial charge < -0.3 is 4.90 Å². The minimum Gasteiger partial charge on any atom is -0.331 e. The quantitative estimate of drug-likeness (QED) is 0.821. The number of fused-ring (bicyclic) bond motifs is 1. The zero-order chi connectivity index (χ0) is 17.4.